The van der Waals surface area contributed by atoms with Gasteiger partial charge in [0.1, 0.15) is 6.54 Å². The van der Waals surface area contributed by atoms with Crippen molar-refractivity contribution in [2.45, 2.75) is 40.5 Å². The van der Waals surface area contributed by atoms with Crippen LogP contribution in [0.3, 0.4) is 0 Å². The standard InChI is InChI=1S/C21H28N2O3S/c1-14(2)18-9-7-8-16(4)21(18)23(27(6,25)26)13-20(24)22-19-11-10-15(3)12-17(19)5/h7-12,14H,13H2,1-6H3,(H,22,24). The van der Waals surface area contributed by atoms with Gasteiger partial charge in [0.25, 0.3) is 0 Å². The highest BCUT2D eigenvalue weighted by Gasteiger charge is 2.25. The van der Waals surface area contributed by atoms with Crippen molar-refractivity contribution in [1.29, 1.82) is 0 Å². The van der Waals surface area contributed by atoms with E-state index in [1.165, 1.54) is 4.31 Å². The lowest BCUT2D eigenvalue weighted by atomic mass is 9.98. The number of amides is 1. The van der Waals surface area contributed by atoms with Crippen LogP contribution in [0.25, 0.3) is 0 Å². The van der Waals surface area contributed by atoms with Crippen LogP contribution in [0.5, 0.6) is 0 Å². The summed E-state index contributed by atoms with van der Waals surface area (Å²) in [5.41, 5.74) is 5.04. The highest BCUT2D eigenvalue weighted by Crippen LogP contribution is 2.32. The molecule has 0 saturated heterocycles. The molecule has 1 N–H and O–H groups in total. The van der Waals surface area contributed by atoms with E-state index in [1.807, 2.05) is 71.0 Å². The van der Waals surface area contributed by atoms with E-state index >= 15 is 0 Å². The van der Waals surface area contributed by atoms with Gasteiger partial charge in [-0.15, -0.1) is 0 Å². The largest absolute Gasteiger partial charge is 0.324 e. The molecular weight excluding hydrogens is 360 g/mol. The van der Waals surface area contributed by atoms with Gasteiger partial charge in [0.2, 0.25) is 15.9 Å². The SMILES string of the molecule is Cc1ccc(NC(=O)CN(c2c(C)cccc2C(C)C)S(C)(=O)=O)c(C)c1. The zero-order valence-electron chi connectivity index (χ0n) is 16.8. The number of nitrogens with one attached hydrogen (secondary N) is 1. The quantitative estimate of drug-likeness (QED) is 0.809. The summed E-state index contributed by atoms with van der Waals surface area (Å²) < 4.78 is 26.2. The first-order chi connectivity index (χ1) is 12.5. The molecule has 0 radical (unpaired) electrons. The van der Waals surface area contributed by atoms with Gasteiger partial charge in [-0.1, -0.05) is 49.7 Å². The van der Waals surface area contributed by atoms with E-state index in [-0.39, 0.29) is 18.4 Å². The van der Waals surface area contributed by atoms with Crippen molar-refractivity contribution in [3.05, 3.63) is 58.7 Å². The summed E-state index contributed by atoms with van der Waals surface area (Å²) >= 11 is 0. The van der Waals surface area contributed by atoms with Crippen LogP contribution in [-0.2, 0) is 14.8 Å². The Morgan fingerprint density at radius 2 is 1.74 bits per heavy atom. The van der Waals surface area contributed by atoms with E-state index in [4.69, 9.17) is 0 Å². The van der Waals surface area contributed by atoms with Crippen LogP contribution in [0.4, 0.5) is 11.4 Å². The van der Waals surface area contributed by atoms with Crippen LogP contribution in [-0.4, -0.2) is 27.1 Å². The Morgan fingerprint density at radius 3 is 2.30 bits per heavy atom. The van der Waals surface area contributed by atoms with Crippen molar-refractivity contribution in [1.82, 2.24) is 0 Å². The molecule has 0 bridgehead atoms. The average Bonchev–Trinajstić information content (AvgIpc) is 2.54. The number of anilines is 2. The number of benzene rings is 2. The number of hydrogen-bond acceptors (Lipinski definition) is 3. The van der Waals surface area contributed by atoms with Crippen molar-refractivity contribution < 1.29 is 13.2 Å². The number of carbonyl (C=O) groups excluding carboxylic acids is 1. The molecule has 6 heteroatoms. The minimum absolute atomic E-state index is 0.131. The van der Waals surface area contributed by atoms with Crippen LogP contribution in [0.15, 0.2) is 36.4 Å². The number of hydrogen-bond donors (Lipinski definition) is 1. The van der Waals surface area contributed by atoms with Gasteiger partial charge in [-0.3, -0.25) is 9.10 Å². The molecule has 0 aromatic heterocycles. The van der Waals surface area contributed by atoms with Crippen LogP contribution in [0, 0.1) is 20.8 Å². The number of para-hydroxylation sites is 1. The molecule has 27 heavy (non-hydrogen) atoms. The van der Waals surface area contributed by atoms with Crippen molar-refractivity contribution >= 4 is 27.3 Å². The Hall–Kier alpha value is -2.34. The number of aryl methyl sites for hydroxylation is 3. The van der Waals surface area contributed by atoms with Gasteiger partial charge in [-0.25, -0.2) is 8.42 Å². The maximum absolute atomic E-state index is 12.7. The molecule has 0 saturated carbocycles. The fraction of sp³-hybridized carbons (Fsp3) is 0.381. The Balaban J connectivity index is 2.38. The molecule has 5 nitrogen and oxygen atoms in total. The van der Waals surface area contributed by atoms with Crippen molar-refractivity contribution in [2.24, 2.45) is 0 Å². The molecule has 2 aromatic rings. The smallest absolute Gasteiger partial charge is 0.245 e. The molecular formula is C21H28N2O3S. The molecule has 0 aliphatic heterocycles. The van der Waals surface area contributed by atoms with E-state index in [0.29, 0.717) is 11.4 Å². The summed E-state index contributed by atoms with van der Waals surface area (Å²) in [6.07, 6.45) is 1.13. The van der Waals surface area contributed by atoms with Gasteiger partial charge in [0, 0.05) is 5.69 Å². The van der Waals surface area contributed by atoms with Crippen LogP contribution in [0.2, 0.25) is 0 Å². The molecule has 2 rings (SSSR count). The summed E-state index contributed by atoms with van der Waals surface area (Å²) in [4.78, 5) is 12.7. The van der Waals surface area contributed by atoms with Crippen LogP contribution in [0.1, 0.15) is 42.0 Å². The molecule has 2 aromatic carbocycles. The monoisotopic (exact) mass is 388 g/mol. The van der Waals surface area contributed by atoms with Gasteiger partial charge in [-0.05, 0) is 49.4 Å². The molecule has 1 amide bonds. The van der Waals surface area contributed by atoms with E-state index in [1.54, 1.807) is 0 Å². The third-order valence-electron chi connectivity index (χ3n) is 4.48. The second-order valence-electron chi connectivity index (χ2n) is 7.30. The van der Waals surface area contributed by atoms with E-state index < -0.39 is 10.0 Å². The molecule has 0 fully saturated rings. The minimum Gasteiger partial charge on any atom is -0.324 e. The lowest BCUT2D eigenvalue weighted by molar-refractivity contribution is -0.114. The zero-order chi connectivity index (χ0) is 20.4. The number of carbonyl (C=O) groups is 1. The fourth-order valence-corrected chi connectivity index (χ4v) is 4.06. The number of rotatable bonds is 6. The minimum atomic E-state index is -3.63. The summed E-state index contributed by atoms with van der Waals surface area (Å²) in [5.74, 6) is -0.239. The predicted molar refractivity (Wildman–Crippen MR) is 112 cm³/mol. The average molecular weight is 389 g/mol. The Kier molecular flexibility index (Phi) is 6.31. The molecule has 0 spiro atoms. The summed E-state index contributed by atoms with van der Waals surface area (Å²) in [6, 6.07) is 11.4. The molecule has 0 aliphatic rings. The van der Waals surface area contributed by atoms with Gasteiger partial charge in [0.05, 0.1) is 11.9 Å². The summed E-state index contributed by atoms with van der Waals surface area (Å²) in [7, 11) is -3.63. The molecule has 0 heterocycles. The molecule has 0 atom stereocenters. The van der Waals surface area contributed by atoms with Gasteiger partial charge in [0.15, 0.2) is 0 Å². The first-order valence-electron chi connectivity index (χ1n) is 8.95. The first kappa shape index (κ1) is 21.0. The van der Waals surface area contributed by atoms with E-state index in [9.17, 15) is 13.2 Å². The number of sulfonamides is 1. The maximum atomic E-state index is 12.7. The van der Waals surface area contributed by atoms with Gasteiger partial charge >= 0.3 is 0 Å². The Bertz CT molecular complexity index is 950. The lowest BCUT2D eigenvalue weighted by Crippen LogP contribution is -2.38. The second-order valence-corrected chi connectivity index (χ2v) is 9.21. The van der Waals surface area contributed by atoms with E-state index in [0.717, 1.165) is 28.5 Å². The number of nitrogens with zero attached hydrogens (tertiary/aromatic N) is 1. The topological polar surface area (TPSA) is 66.5 Å². The van der Waals surface area contributed by atoms with E-state index in [2.05, 4.69) is 5.32 Å². The lowest BCUT2D eigenvalue weighted by Gasteiger charge is -2.27. The second kappa shape index (κ2) is 8.13. The predicted octanol–water partition coefficient (Wildman–Crippen LogP) is 4.14. The Morgan fingerprint density at radius 1 is 1.07 bits per heavy atom. The Labute approximate surface area is 162 Å². The highest BCUT2D eigenvalue weighted by atomic mass is 32.2. The molecule has 0 unspecified atom stereocenters. The van der Waals surface area contributed by atoms with Crippen LogP contribution >= 0.6 is 0 Å². The normalized spacial score (nSPS) is 11.5. The maximum Gasteiger partial charge on any atom is 0.245 e. The van der Waals surface area contributed by atoms with Gasteiger partial charge < -0.3 is 5.32 Å². The first-order valence-corrected chi connectivity index (χ1v) is 10.8. The van der Waals surface area contributed by atoms with Crippen molar-refractivity contribution in [2.75, 3.05) is 22.4 Å². The third kappa shape index (κ3) is 5.10. The van der Waals surface area contributed by atoms with Crippen molar-refractivity contribution in [3.8, 4) is 0 Å². The van der Waals surface area contributed by atoms with Crippen molar-refractivity contribution in [3.63, 3.8) is 0 Å². The molecule has 146 valence electrons. The van der Waals surface area contributed by atoms with Gasteiger partial charge in [-0.2, -0.15) is 0 Å². The zero-order valence-corrected chi connectivity index (χ0v) is 17.6. The molecule has 0 aliphatic carbocycles. The van der Waals surface area contributed by atoms with Crippen LogP contribution < -0.4 is 9.62 Å². The third-order valence-corrected chi connectivity index (χ3v) is 5.60. The summed E-state index contributed by atoms with van der Waals surface area (Å²) in [5, 5.41) is 2.83. The summed E-state index contributed by atoms with van der Waals surface area (Å²) in [6.45, 7) is 9.51. The highest BCUT2D eigenvalue weighted by molar-refractivity contribution is 7.92. The fourth-order valence-electron chi connectivity index (χ4n) is 3.12.